The summed E-state index contributed by atoms with van der Waals surface area (Å²) in [4.78, 5) is 37.4. The van der Waals surface area contributed by atoms with E-state index in [2.05, 4.69) is 20.3 Å². The molecule has 0 atom stereocenters. The van der Waals surface area contributed by atoms with Crippen molar-refractivity contribution in [3.8, 4) is 23.1 Å². The first-order chi connectivity index (χ1) is 18.8. The molecule has 39 heavy (non-hydrogen) atoms. The second-order valence-electron chi connectivity index (χ2n) is 9.55. The van der Waals surface area contributed by atoms with Gasteiger partial charge in [0.15, 0.2) is 23.1 Å². The summed E-state index contributed by atoms with van der Waals surface area (Å²) in [5.41, 5.74) is 3.10. The molecule has 0 saturated heterocycles. The average Bonchev–Trinajstić information content (AvgIpc) is 3.43. The van der Waals surface area contributed by atoms with Crippen LogP contribution in [-0.2, 0) is 0 Å². The Morgan fingerprint density at radius 3 is 2.51 bits per heavy atom. The summed E-state index contributed by atoms with van der Waals surface area (Å²) in [5.74, 6) is -0.159. The number of benzene rings is 1. The zero-order valence-corrected chi connectivity index (χ0v) is 22.2. The van der Waals surface area contributed by atoms with Crippen molar-refractivity contribution < 1.29 is 23.4 Å². The Balaban J connectivity index is 1.40. The first-order valence-electron chi connectivity index (χ1n) is 12.7. The van der Waals surface area contributed by atoms with Crippen LogP contribution in [0.4, 0.5) is 10.1 Å². The number of hydrogen-bond acceptors (Lipinski definition) is 7. The molecule has 3 aromatic heterocycles. The highest BCUT2D eigenvalue weighted by Crippen LogP contribution is 2.38. The lowest BCUT2D eigenvalue weighted by Crippen LogP contribution is -2.27. The normalized spacial score (nSPS) is 13.5. The SMILES string of the molecule is COc1cc2nccc(Oc3ccc(NC(=O)c4c(C)c(C5CCCC5)c(C)[nH]c4=O)cc3F)c2nc1OC. The van der Waals surface area contributed by atoms with Crippen LogP contribution in [0.1, 0.15) is 58.8 Å². The summed E-state index contributed by atoms with van der Waals surface area (Å²) in [6.07, 6.45) is 5.84. The number of hydrogen-bond donors (Lipinski definition) is 2. The van der Waals surface area contributed by atoms with Gasteiger partial charge >= 0.3 is 0 Å². The van der Waals surface area contributed by atoms with Gasteiger partial charge in [0.05, 0.1) is 19.7 Å². The van der Waals surface area contributed by atoms with E-state index in [-0.39, 0.29) is 28.6 Å². The molecule has 2 N–H and O–H groups in total. The number of carbonyl (C=O) groups excluding carboxylic acids is 1. The number of rotatable bonds is 7. The van der Waals surface area contributed by atoms with Crippen molar-refractivity contribution >= 4 is 22.6 Å². The van der Waals surface area contributed by atoms with E-state index in [0.717, 1.165) is 43.0 Å². The zero-order valence-electron chi connectivity index (χ0n) is 22.2. The van der Waals surface area contributed by atoms with Crippen molar-refractivity contribution in [1.82, 2.24) is 15.0 Å². The van der Waals surface area contributed by atoms with Gasteiger partial charge in [-0.3, -0.25) is 14.6 Å². The molecule has 1 saturated carbocycles. The maximum Gasteiger partial charge on any atom is 0.261 e. The molecule has 9 nitrogen and oxygen atoms in total. The predicted octanol–water partition coefficient (Wildman–Crippen LogP) is 5.79. The lowest BCUT2D eigenvalue weighted by molar-refractivity contribution is 0.102. The molecule has 1 fully saturated rings. The molecule has 1 aliphatic carbocycles. The number of aromatic nitrogens is 3. The van der Waals surface area contributed by atoms with Gasteiger partial charge in [-0.2, -0.15) is 0 Å². The molecule has 0 aliphatic heterocycles. The van der Waals surface area contributed by atoms with E-state index in [1.54, 1.807) is 19.1 Å². The van der Waals surface area contributed by atoms with Gasteiger partial charge in [0.1, 0.15) is 11.1 Å². The molecule has 1 aliphatic rings. The van der Waals surface area contributed by atoms with Crippen LogP contribution in [0.25, 0.3) is 11.0 Å². The maximum absolute atomic E-state index is 15.1. The monoisotopic (exact) mass is 532 g/mol. The Kier molecular flexibility index (Phi) is 7.19. The molecule has 1 amide bonds. The predicted molar refractivity (Wildman–Crippen MR) is 145 cm³/mol. The van der Waals surface area contributed by atoms with Crippen LogP contribution in [-0.4, -0.2) is 35.1 Å². The fourth-order valence-electron chi connectivity index (χ4n) is 5.35. The minimum absolute atomic E-state index is 0.0435. The number of pyridine rings is 3. The Bertz CT molecular complexity index is 1630. The van der Waals surface area contributed by atoms with Crippen molar-refractivity contribution in [1.29, 1.82) is 0 Å². The van der Waals surface area contributed by atoms with E-state index in [4.69, 9.17) is 14.2 Å². The van der Waals surface area contributed by atoms with Gasteiger partial charge in [0.25, 0.3) is 17.3 Å². The molecule has 0 spiro atoms. The van der Waals surface area contributed by atoms with E-state index in [0.29, 0.717) is 28.3 Å². The fourth-order valence-corrected chi connectivity index (χ4v) is 5.35. The highest BCUT2D eigenvalue weighted by molar-refractivity contribution is 6.05. The van der Waals surface area contributed by atoms with Crippen LogP contribution in [0.5, 0.6) is 23.1 Å². The third kappa shape index (κ3) is 5.01. The van der Waals surface area contributed by atoms with Gasteiger partial charge in [-0.25, -0.2) is 9.37 Å². The molecule has 0 unspecified atom stereocenters. The number of anilines is 1. The highest BCUT2D eigenvalue weighted by Gasteiger charge is 2.26. The Hall–Kier alpha value is -4.47. The maximum atomic E-state index is 15.1. The minimum Gasteiger partial charge on any atom is -0.491 e. The molecule has 202 valence electrons. The smallest absolute Gasteiger partial charge is 0.261 e. The first-order valence-corrected chi connectivity index (χ1v) is 12.7. The third-order valence-corrected chi connectivity index (χ3v) is 7.13. The summed E-state index contributed by atoms with van der Waals surface area (Å²) in [6.45, 7) is 3.67. The van der Waals surface area contributed by atoms with Gasteiger partial charge in [0, 0.05) is 35.8 Å². The molecule has 0 radical (unpaired) electrons. The van der Waals surface area contributed by atoms with E-state index in [1.165, 1.54) is 32.5 Å². The Labute approximate surface area is 224 Å². The van der Waals surface area contributed by atoms with Gasteiger partial charge in [-0.15, -0.1) is 0 Å². The summed E-state index contributed by atoms with van der Waals surface area (Å²) in [5, 5.41) is 2.66. The minimum atomic E-state index is -0.709. The van der Waals surface area contributed by atoms with Crippen molar-refractivity contribution in [3.63, 3.8) is 0 Å². The van der Waals surface area contributed by atoms with Gasteiger partial charge in [0.2, 0.25) is 0 Å². The van der Waals surface area contributed by atoms with Crippen molar-refractivity contribution in [3.05, 3.63) is 75.1 Å². The second-order valence-corrected chi connectivity index (χ2v) is 9.55. The van der Waals surface area contributed by atoms with Crippen LogP contribution in [0.15, 0.2) is 41.3 Å². The van der Waals surface area contributed by atoms with Crippen molar-refractivity contribution in [2.75, 3.05) is 19.5 Å². The molecule has 3 heterocycles. The third-order valence-electron chi connectivity index (χ3n) is 7.13. The number of nitrogens with zero attached hydrogens (tertiary/aromatic N) is 2. The second kappa shape index (κ2) is 10.7. The number of aromatic amines is 1. The number of nitrogens with one attached hydrogen (secondary N) is 2. The van der Waals surface area contributed by atoms with Crippen LogP contribution < -0.4 is 25.1 Å². The van der Waals surface area contributed by atoms with Crippen LogP contribution in [0.3, 0.4) is 0 Å². The Morgan fingerprint density at radius 1 is 1.05 bits per heavy atom. The molecule has 10 heteroatoms. The van der Waals surface area contributed by atoms with E-state index in [9.17, 15) is 9.59 Å². The number of fused-ring (bicyclic) bond motifs is 1. The van der Waals surface area contributed by atoms with Crippen molar-refractivity contribution in [2.45, 2.75) is 45.4 Å². The fraction of sp³-hybridized carbons (Fsp3) is 0.310. The summed E-state index contributed by atoms with van der Waals surface area (Å²) in [6, 6.07) is 7.25. The summed E-state index contributed by atoms with van der Waals surface area (Å²) >= 11 is 0. The van der Waals surface area contributed by atoms with Crippen LogP contribution in [0.2, 0.25) is 0 Å². The lowest BCUT2D eigenvalue weighted by atomic mass is 9.90. The molecule has 1 aromatic carbocycles. The molecular formula is C29H29FN4O5. The Morgan fingerprint density at radius 2 is 1.82 bits per heavy atom. The number of ether oxygens (including phenoxy) is 3. The quantitative estimate of drug-likeness (QED) is 0.309. The number of H-pyrrole nitrogens is 1. The molecule has 5 rings (SSSR count). The standard InChI is InChI=1S/C29H29FN4O5/c1-15-24(17-7-5-6-8-17)16(2)32-27(35)25(15)28(36)33-18-9-10-21(19(30)13-18)39-22-11-12-31-20-14-23(37-3)29(38-4)34-26(20)22/h9-14,17H,5-8H2,1-4H3,(H,32,35)(H,33,36). The van der Waals surface area contributed by atoms with Crippen molar-refractivity contribution in [2.24, 2.45) is 0 Å². The zero-order chi connectivity index (χ0) is 27.7. The number of methoxy groups -OCH3 is 2. The highest BCUT2D eigenvalue weighted by atomic mass is 19.1. The van der Waals surface area contributed by atoms with E-state index < -0.39 is 17.3 Å². The summed E-state index contributed by atoms with van der Waals surface area (Å²) in [7, 11) is 2.95. The van der Waals surface area contributed by atoms with Gasteiger partial charge in [-0.05, 0) is 55.9 Å². The molecule has 4 aromatic rings. The summed E-state index contributed by atoms with van der Waals surface area (Å²) < 4.78 is 31.5. The topological polar surface area (TPSA) is 115 Å². The average molecular weight is 533 g/mol. The lowest BCUT2D eigenvalue weighted by Gasteiger charge is -2.18. The number of amides is 1. The number of halogens is 1. The molecular weight excluding hydrogens is 503 g/mol. The molecule has 0 bridgehead atoms. The van der Waals surface area contributed by atoms with E-state index in [1.807, 2.05) is 6.92 Å². The first kappa shape index (κ1) is 26.1. The van der Waals surface area contributed by atoms with Gasteiger partial charge in [-0.1, -0.05) is 12.8 Å². The number of aryl methyl sites for hydroxylation is 1. The largest absolute Gasteiger partial charge is 0.491 e. The van der Waals surface area contributed by atoms with E-state index >= 15 is 4.39 Å². The van der Waals surface area contributed by atoms with Crippen LogP contribution >= 0.6 is 0 Å². The van der Waals surface area contributed by atoms with Gasteiger partial charge < -0.3 is 24.5 Å². The number of carbonyl (C=O) groups is 1. The van der Waals surface area contributed by atoms with Crippen LogP contribution in [0, 0.1) is 19.7 Å².